The van der Waals surface area contributed by atoms with E-state index in [0.29, 0.717) is 0 Å². The van der Waals surface area contributed by atoms with Gasteiger partial charge in [0.2, 0.25) is 0 Å². The molecule has 0 spiro atoms. The minimum atomic E-state index is -3.33. The summed E-state index contributed by atoms with van der Waals surface area (Å²) in [6.45, 7) is 4.14. The third-order valence-corrected chi connectivity index (χ3v) is 27.5. The summed E-state index contributed by atoms with van der Waals surface area (Å²) in [7, 11) is 0. The van der Waals surface area contributed by atoms with Crippen molar-refractivity contribution in [2.45, 2.75) is 51.9 Å². The molecule has 0 heterocycles. The van der Waals surface area contributed by atoms with Crippen LogP contribution in [0, 0.1) is 34.5 Å². The first-order valence-electron chi connectivity index (χ1n) is 22.9. The Labute approximate surface area is 403 Å². The fraction of sp³-hybridized carbons (Fsp3) is 0.167. The van der Waals surface area contributed by atoms with Crippen LogP contribution in [0.3, 0.4) is 0 Å². The van der Waals surface area contributed by atoms with Gasteiger partial charge in [-0.2, -0.15) is 0 Å². The number of rotatable bonds is 16. The molecule has 0 aliphatic rings. The summed E-state index contributed by atoms with van der Waals surface area (Å²) in [6, 6.07) is 85.7. The van der Waals surface area contributed by atoms with Crippen molar-refractivity contribution in [1.82, 2.24) is 0 Å². The molecule has 0 bridgehead atoms. The zero-order valence-corrected chi connectivity index (χ0v) is 41.2. The van der Waals surface area contributed by atoms with E-state index in [1.54, 1.807) is 0 Å². The van der Waals surface area contributed by atoms with Crippen molar-refractivity contribution in [2.75, 3.05) is 0 Å². The van der Waals surface area contributed by atoms with Crippen LogP contribution in [0.25, 0.3) is 0 Å². The van der Waals surface area contributed by atoms with Gasteiger partial charge < -0.3 is 0 Å². The first-order valence-corrected chi connectivity index (χ1v) is 29.6. The molecule has 0 aliphatic heterocycles. The standard InChI is InChI=1S/2C30H29ClNP/c2*1-2-25(23-32)22-26-18-20-27(21-19-26)24-33(31,28-12-6-3-7-13-28,29-14-8-4-9-15-29)30-16-10-5-11-17-30/h2*3-21,25H,2,22,24H2,1H3. The summed E-state index contributed by atoms with van der Waals surface area (Å²) in [5.41, 5.74) is 4.79. The number of benzene rings is 8. The monoisotopic (exact) mass is 938 g/mol. The van der Waals surface area contributed by atoms with Crippen LogP contribution in [0.1, 0.15) is 48.9 Å². The first kappa shape index (κ1) is 48.1. The molecular formula is C60H58Cl2N2P2. The van der Waals surface area contributed by atoms with Crippen LogP contribution in [0.2, 0.25) is 0 Å². The third-order valence-electron chi connectivity index (χ3n) is 13.1. The van der Waals surface area contributed by atoms with E-state index in [-0.39, 0.29) is 11.8 Å². The van der Waals surface area contributed by atoms with Crippen LogP contribution in [0.5, 0.6) is 0 Å². The van der Waals surface area contributed by atoms with Gasteiger partial charge in [-0.1, -0.05) is 0 Å². The Morgan fingerprint density at radius 1 is 0.333 bits per heavy atom. The number of halogens is 2. The van der Waals surface area contributed by atoms with Gasteiger partial charge in [0.25, 0.3) is 0 Å². The van der Waals surface area contributed by atoms with Crippen molar-refractivity contribution in [3.05, 3.63) is 253 Å². The van der Waals surface area contributed by atoms with Crippen molar-refractivity contribution in [3.8, 4) is 12.1 Å². The summed E-state index contributed by atoms with van der Waals surface area (Å²) in [4.78, 5) is 0. The molecule has 0 fully saturated rings. The molecular weight excluding hydrogens is 882 g/mol. The van der Waals surface area contributed by atoms with Gasteiger partial charge >= 0.3 is 405 Å². The molecule has 8 aromatic carbocycles. The molecule has 2 nitrogen and oxygen atoms in total. The van der Waals surface area contributed by atoms with Crippen molar-refractivity contribution >= 4 is 66.2 Å². The summed E-state index contributed by atoms with van der Waals surface area (Å²) in [5.74, 6) is -6.54. The Hall–Kier alpha value is -5.82. The van der Waals surface area contributed by atoms with Crippen LogP contribution < -0.4 is 31.8 Å². The topological polar surface area (TPSA) is 47.6 Å². The molecule has 8 rings (SSSR count). The summed E-state index contributed by atoms with van der Waals surface area (Å²) >= 11 is 16.3. The maximum absolute atomic E-state index is 9.34. The van der Waals surface area contributed by atoms with Gasteiger partial charge in [0.05, 0.1) is 0 Å². The van der Waals surface area contributed by atoms with Crippen molar-refractivity contribution in [2.24, 2.45) is 11.8 Å². The Balaban J connectivity index is 0.000000196. The molecule has 0 N–H and O–H groups in total. The Morgan fingerprint density at radius 2 is 0.530 bits per heavy atom. The SMILES string of the molecule is CCC(C#N)Cc1ccc(CP(Cl)(c2ccccc2)(c2ccccc2)c2ccccc2)cc1.CCC(C#N)Cc1ccc(CP(Cl)(c2ccccc2)(c2ccccc2)c2ccccc2)cc1. The molecule has 0 radical (unpaired) electrons. The van der Waals surface area contributed by atoms with E-state index >= 15 is 0 Å². The summed E-state index contributed by atoms with van der Waals surface area (Å²) in [5, 5.41) is 25.7. The molecule has 0 aliphatic carbocycles. The fourth-order valence-electron chi connectivity index (χ4n) is 9.25. The van der Waals surface area contributed by atoms with Gasteiger partial charge in [0, 0.05) is 0 Å². The van der Waals surface area contributed by atoms with E-state index in [1.807, 2.05) is 36.4 Å². The van der Waals surface area contributed by atoms with Crippen molar-refractivity contribution in [3.63, 3.8) is 0 Å². The number of nitriles is 2. The number of hydrogen-bond donors (Lipinski definition) is 0. The second-order valence-electron chi connectivity index (χ2n) is 17.2. The van der Waals surface area contributed by atoms with Gasteiger partial charge in [0.1, 0.15) is 0 Å². The van der Waals surface area contributed by atoms with E-state index in [0.717, 1.165) is 38.0 Å². The average molecular weight is 940 g/mol. The predicted octanol–water partition coefficient (Wildman–Crippen LogP) is 13.9. The fourth-order valence-corrected chi connectivity index (χ4v) is 21.6. The van der Waals surface area contributed by atoms with E-state index in [2.05, 4.69) is 220 Å². The number of hydrogen-bond acceptors (Lipinski definition) is 2. The van der Waals surface area contributed by atoms with Crippen molar-refractivity contribution in [1.29, 1.82) is 10.5 Å². The second kappa shape index (κ2) is 21.7. The molecule has 6 heteroatoms. The molecule has 2 atom stereocenters. The van der Waals surface area contributed by atoms with Gasteiger partial charge in [-0.25, -0.2) is 0 Å². The van der Waals surface area contributed by atoms with Crippen molar-refractivity contribution < 1.29 is 0 Å². The molecule has 8 aromatic rings. The summed E-state index contributed by atoms with van der Waals surface area (Å²) in [6.07, 6.45) is 4.75. The molecule has 332 valence electrons. The first-order chi connectivity index (χ1) is 32.2. The van der Waals surface area contributed by atoms with Gasteiger partial charge in [0.15, 0.2) is 0 Å². The van der Waals surface area contributed by atoms with Crippen LogP contribution in [0.15, 0.2) is 231 Å². The molecule has 0 saturated carbocycles. The average Bonchev–Trinajstić information content (AvgIpc) is 3.40. The van der Waals surface area contributed by atoms with Crippen LogP contribution in [-0.2, 0) is 25.2 Å². The zero-order valence-electron chi connectivity index (χ0n) is 37.9. The van der Waals surface area contributed by atoms with Gasteiger partial charge in [-0.15, -0.1) is 0 Å². The van der Waals surface area contributed by atoms with Crippen LogP contribution in [-0.4, -0.2) is 0 Å². The van der Waals surface area contributed by atoms with Crippen LogP contribution >= 0.6 is 34.4 Å². The van der Waals surface area contributed by atoms with Gasteiger partial charge in [-0.05, 0) is 0 Å². The maximum atomic E-state index is 9.34. The third kappa shape index (κ3) is 9.96. The van der Waals surface area contributed by atoms with Gasteiger partial charge in [-0.3, -0.25) is 0 Å². The molecule has 66 heavy (non-hydrogen) atoms. The molecule has 0 aromatic heterocycles. The van der Waals surface area contributed by atoms with E-state index < -0.39 is 11.9 Å². The Morgan fingerprint density at radius 3 is 0.712 bits per heavy atom. The van der Waals surface area contributed by atoms with E-state index in [4.69, 9.17) is 22.5 Å². The summed E-state index contributed by atoms with van der Waals surface area (Å²) < 4.78 is 0. The minimum absolute atomic E-state index is 0.0566. The number of nitrogens with zero attached hydrogens (tertiary/aromatic N) is 2. The quantitative estimate of drug-likeness (QED) is 0.0906. The molecule has 0 amide bonds. The Kier molecular flexibility index (Phi) is 15.8. The van der Waals surface area contributed by atoms with Crippen LogP contribution in [0.4, 0.5) is 0 Å². The van der Waals surface area contributed by atoms with E-state index in [1.165, 1.54) is 54.1 Å². The normalized spacial score (nSPS) is 13.4. The predicted molar refractivity (Wildman–Crippen MR) is 288 cm³/mol. The second-order valence-corrected chi connectivity index (χ2v) is 30.1. The Bertz CT molecular complexity index is 2430. The zero-order chi connectivity index (χ0) is 46.3. The molecule has 0 saturated heterocycles. The van der Waals surface area contributed by atoms with E-state index in [9.17, 15) is 10.5 Å². The molecule has 2 unspecified atom stereocenters.